The van der Waals surface area contributed by atoms with E-state index in [1.54, 1.807) is 0 Å². The van der Waals surface area contributed by atoms with Gasteiger partial charge >= 0.3 is 17.9 Å². The summed E-state index contributed by atoms with van der Waals surface area (Å²) in [4.78, 5) is 37.8. The van der Waals surface area contributed by atoms with Gasteiger partial charge in [-0.05, 0) is 38.5 Å². The van der Waals surface area contributed by atoms with Gasteiger partial charge < -0.3 is 14.2 Å². The molecule has 0 saturated carbocycles. The molecule has 0 aromatic heterocycles. The van der Waals surface area contributed by atoms with Gasteiger partial charge in [-0.2, -0.15) is 0 Å². The molecule has 0 amide bonds. The van der Waals surface area contributed by atoms with Crippen molar-refractivity contribution in [1.82, 2.24) is 0 Å². The third kappa shape index (κ3) is 43.1. The highest BCUT2D eigenvalue weighted by atomic mass is 16.6. The molecule has 0 aliphatic rings. The van der Waals surface area contributed by atoms with Gasteiger partial charge in [0.25, 0.3) is 0 Å². The van der Waals surface area contributed by atoms with Gasteiger partial charge in [0.1, 0.15) is 13.2 Å². The van der Waals surface area contributed by atoms with Crippen molar-refractivity contribution in [3.63, 3.8) is 0 Å². The maximum atomic E-state index is 12.7. The molecule has 0 rings (SSSR count). The Bertz CT molecular complexity index is 854. The Hall–Kier alpha value is -1.85. The van der Waals surface area contributed by atoms with E-state index in [1.165, 1.54) is 161 Å². The summed E-state index contributed by atoms with van der Waals surface area (Å²) in [6.07, 6.45) is 47.6. The molecule has 324 valence electrons. The predicted octanol–water partition coefficient (Wildman–Crippen LogP) is 15.4. The molecular weight excluding hydrogens is 685 g/mol. The van der Waals surface area contributed by atoms with Crippen molar-refractivity contribution >= 4 is 17.9 Å². The number of carbonyl (C=O) groups is 3. The summed E-state index contributed by atoms with van der Waals surface area (Å²) >= 11 is 0. The molecule has 0 N–H and O–H groups in total. The molecular formula is C49H92O6. The zero-order valence-corrected chi connectivity index (χ0v) is 37.0. The van der Waals surface area contributed by atoms with Crippen molar-refractivity contribution < 1.29 is 28.6 Å². The normalized spacial score (nSPS) is 12.0. The number of hydrogen-bond acceptors (Lipinski definition) is 6. The fourth-order valence-corrected chi connectivity index (χ4v) is 7.07. The smallest absolute Gasteiger partial charge is 0.306 e. The lowest BCUT2D eigenvalue weighted by Crippen LogP contribution is -2.30. The van der Waals surface area contributed by atoms with E-state index in [-0.39, 0.29) is 31.1 Å². The molecule has 1 atom stereocenters. The van der Waals surface area contributed by atoms with Crippen LogP contribution in [0.15, 0.2) is 12.2 Å². The monoisotopic (exact) mass is 777 g/mol. The van der Waals surface area contributed by atoms with Crippen molar-refractivity contribution in [1.29, 1.82) is 0 Å². The van der Waals surface area contributed by atoms with Crippen LogP contribution in [0.4, 0.5) is 0 Å². The van der Waals surface area contributed by atoms with Crippen LogP contribution in [0.2, 0.25) is 0 Å². The third-order valence-corrected chi connectivity index (χ3v) is 10.8. The molecule has 0 aromatic carbocycles. The maximum Gasteiger partial charge on any atom is 0.306 e. The number of hydrogen-bond donors (Lipinski definition) is 0. The Balaban J connectivity index is 4.33. The molecule has 55 heavy (non-hydrogen) atoms. The minimum atomic E-state index is -0.764. The molecule has 0 bridgehead atoms. The van der Waals surface area contributed by atoms with Gasteiger partial charge in [0, 0.05) is 19.3 Å². The van der Waals surface area contributed by atoms with Crippen molar-refractivity contribution in [3.05, 3.63) is 12.2 Å². The SMILES string of the molecule is CCCC/C=C\CCCCCCCC(=O)OC[C@H](COC(=O)CCCCCCCCCCCCCCCC)OC(=O)CCCCCCCCCCCCCC. The van der Waals surface area contributed by atoms with Crippen LogP contribution in [-0.4, -0.2) is 37.2 Å². The van der Waals surface area contributed by atoms with Gasteiger partial charge in [0.15, 0.2) is 6.10 Å². The van der Waals surface area contributed by atoms with Gasteiger partial charge in [0.2, 0.25) is 0 Å². The fraction of sp³-hybridized carbons (Fsp3) is 0.898. The number of rotatable bonds is 44. The second kappa shape index (κ2) is 44.9. The van der Waals surface area contributed by atoms with Gasteiger partial charge in [-0.1, -0.05) is 219 Å². The van der Waals surface area contributed by atoms with Crippen molar-refractivity contribution in [3.8, 4) is 0 Å². The van der Waals surface area contributed by atoms with Crippen LogP contribution < -0.4 is 0 Å². The molecule has 0 aromatic rings. The summed E-state index contributed by atoms with van der Waals surface area (Å²) < 4.78 is 16.7. The highest BCUT2D eigenvalue weighted by Gasteiger charge is 2.19. The van der Waals surface area contributed by atoms with Crippen molar-refractivity contribution in [2.75, 3.05) is 13.2 Å². The lowest BCUT2D eigenvalue weighted by atomic mass is 10.0. The van der Waals surface area contributed by atoms with E-state index in [9.17, 15) is 14.4 Å². The van der Waals surface area contributed by atoms with Gasteiger partial charge in [-0.25, -0.2) is 0 Å². The van der Waals surface area contributed by atoms with Gasteiger partial charge in [-0.15, -0.1) is 0 Å². The van der Waals surface area contributed by atoms with Crippen LogP contribution in [-0.2, 0) is 28.6 Å². The molecule has 0 radical (unpaired) electrons. The fourth-order valence-electron chi connectivity index (χ4n) is 7.07. The average molecular weight is 777 g/mol. The van der Waals surface area contributed by atoms with Gasteiger partial charge in [-0.3, -0.25) is 14.4 Å². The Labute approximate surface area is 341 Å². The topological polar surface area (TPSA) is 78.9 Å². The molecule has 0 saturated heterocycles. The number of unbranched alkanes of at least 4 members (excludes halogenated alkanes) is 31. The average Bonchev–Trinajstić information content (AvgIpc) is 3.18. The molecule has 0 heterocycles. The summed E-state index contributed by atoms with van der Waals surface area (Å²) in [5, 5.41) is 0. The molecule has 0 fully saturated rings. The number of allylic oxidation sites excluding steroid dienone is 2. The van der Waals surface area contributed by atoms with E-state index in [0.29, 0.717) is 19.3 Å². The highest BCUT2D eigenvalue weighted by molar-refractivity contribution is 5.71. The second-order valence-corrected chi connectivity index (χ2v) is 16.4. The summed E-state index contributed by atoms with van der Waals surface area (Å²) in [7, 11) is 0. The number of ether oxygens (including phenoxy) is 3. The second-order valence-electron chi connectivity index (χ2n) is 16.4. The first kappa shape index (κ1) is 53.1. The molecule has 6 heteroatoms. The highest BCUT2D eigenvalue weighted by Crippen LogP contribution is 2.16. The van der Waals surface area contributed by atoms with E-state index >= 15 is 0 Å². The Morgan fingerprint density at radius 3 is 0.964 bits per heavy atom. The molecule has 0 spiro atoms. The standard InChI is InChI=1S/C49H92O6/c1-4-7-10-13-16-19-22-24-25-28-30-33-36-39-42-48(51)54-45-46(44-53-47(50)41-38-35-32-29-26-21-18-15-12-9-6-3)55-49(52)43-40-37-34-31-27-23-20-17-14-11-8-5-2/h15,18,46H,4-14,16-17,19-45H2,1-3H3/b18-15-/t46-/m1/s1. The Morgan fingerprint density at radius 1 is 0.345 bits per heavy atom. The first-order valence-corrected chi connectivity index (χ1v) is 24.2. The Kier molecular flexibility index (Phi) is 43.4. The van der Waals surface area contributed by atoms with E-state index in [1.807, 2.05) is 0 Å². The van der Waals surface area contributed by atoms with Crippen molar-refractivity contribution in [2.45, 2.75) is 271 Å². The summed E-state index contributed by atoms with van der Waals surface area (Å²) in [5.41, 5.74) is 0. The molecule has 6 nitrogen and oxygen atoms in total. The minimum absolute atomic E-state index is 0.0677. The minimum Gasteiger partial charge on any atom is -0.462 e. The van der Waals surface area contributed by atoms with Crippen LogP contribution >= 0.6 is 0 Å². The maximum absolute atomic E-state index is 12.7. The largest absolute Gasteiger partial charge is 0.462 e. The van der Waals surface area contributed by atoms with E-state index < -0.39 is 6.10 Å². The predicted molar refractivity (Wildman–Crippen MR) is 233 cm³/mol. The first-order chi connectivity index (χ1) is 27.0. The zero-order chi connectivity index (χ0) is 40.1. The van der Waals surface area contributed by atoms with E-state index in [4.69, 9.17) is 14.2 Å². The zero-order valence-electron chi connectivity index (χ0n) is 37.0. The molecule has 0 aliphatic heterocycles. The summed E-state index contributed by atoms with van der Waals surface area (Å²) in [5.74, 6) is -0.866. The molecule has 0 unspecified atom stereocenters. The summed E-state index contributed by atoms with van der Waals surface area (Å²) in [6, 6.07) is 0. The lowest BCUT2D eigenvalue weighted by Gasteiger charge is -2.18. The summed E-state index contributed by atoms with van der Waals surface area (Å²) in [6.45, 7) is 6.61. The van der Waals surface area contributed by atoms with E-state index in [2.05, 4.69) is 32.9 Å². The van der Waals surface area contributed by atoms with Crippen LogP contribution in [0.25, 0.3) is 0 Å². The van der Waals surface area contributed by atoms with Crippen molar-refractivity contribution in [2.24, 2.45) is 0 Å². The first-order valence-electron chi connectivity index (χ1n) is 24.2. The van der Waals surface area contributed by atoms with Crippen LogP contribution in [0.3, 0.4) is 0 Å². The van der Waals surface area contributed by atoms with E-state index in [0.717, 1.165) is 64.2 Å². The number of esters is 3. The number of carbonyl (C=O) groups excluding carboxylic acids is 3. The third-order valence-electron chi connectivity index (χ3n) is 10.8. The van der Waals surface area contributed by atoms with Crippen LogP contribution in [0.5, 0.6) is 0 Å². The van der Waals surface area contributed by atoms with Crippen LogP contribution in [0.1, 0.15) is 265 Å². The Morgan fingerprint density at radius 2 is 0.618 bits per heavy atom. The van der Waals surface area contributed by atoms with Crippen LogP contribution in [0, 0.1) is 0 Å². The molecule has 0 aliphatic carbocycles. The lowest BCUT2D eigenvalue weighted by molar-refractivity contribution is -0.167. The quantitative estimate of drug-likeness (QED) is 0.0265. The van der Waals surface area contributed by atoms with Gasteiger partial charge in [0.05, 0.1) is 0 Å².